The number of aromatic nitrogens is 4. The van der Waals surface area contributed by atoms with E-state index in [0.717, 1.165) is 114 Å². The maximum Gasteiger partial charge on any atom is 0.220 e. The lowest BCUT2D eigenvalue weighted by Gasteiger charge is -2.25. The average molecular weight is 883 g/mol. The highest BCUT2D eigenvalue weighted by molar-refractivity contribution is 7.26. The molecule has 0 saturated carbocycles. The highest BCUT2D eigenvalue weighted by Crippen LogP contribution is 2.54. The van der Waals surface area contributed by atoms with Crippen molar-refractivity contribution < 1.29 is 4.42 Å². The van der Waals surface area contributed by atoms with Gasteiger partial charge < -0.3 is 13.6 Å². The Hall–Kier alpha value is -9.34. The number of nitrogens with zero attached hydrogens (tertiary/aromatic N) is 6. The Morgan fingerprint density at radius 3 is 1.78 bits per heavy atom. The number of rotatable bonds is 4. The second-order valence-corrected chi connectivity index (χ2v) is 18.5. The van der Waals surface area contributed by atoms with Crippen molar-refractivity contribution in [1.82, 2.24) is 19.1 Å². The van der Waals surface area contributed by atoms with Crippen LogP contribution in [-0.2, 0) is 0 Å². The largest absolute Gasteiger partial charge is 0.456 e. The summed E-state index contributed by atoms with van der Waals surface area (Å²) >= 11 is 1.76. The molecule has 0 amide bonds. The maximum absolute atomic E-state index is 12.0. The van der Waals surface area contributed by atoms with Gasteiger partial charge in [-0.05, 0) is 40.1 Å². The number of para-hydroxylation sites is 1. The van der Waals surface area contributed by atoms with Gasteiger partial charge in [-0.15, -0.1) is 11.3 Å². The average Bonchev–Trinajstić information content (AvgIpc) is 4.15. The van der Waals surface area contributed by atoms with Crippen molar-refractivity contribution in [2.45, 2.75) is 0 Å². The van der Waals surface area contributed by atoms with Gasteiger partial charge in [-0.2, -0.15) is 5.26 Å². The van der Waals surface area contributed by atoms with Crippen molar-refractivity contribution >= 4 is 124 Å². The summed E-state index contributed by atoms with van der Waals surface area (Å²) in [4.78, 5) is 14.4. The van der Waals surface area contributed by atoms with Gasteiger partial charge >= 0.3 is 0 Å². The van der Waals surface area contributed by atoms with Gasteiger partial charge in [-0.3, -0.25) is 9.97 Å². The van der Waals surface area contributed by atoms with Crippen molar-refractivity contribution in [3.05, 3.63) is 199 Å². The first-order valence-electron chi connectivity index (χ1n) is 22.4. The Bertz CT molecular complexity index is 4670. The van der Waals surface area contributed by atoms with Crippen molar-refractivity contribution in [2.24, 2.45) is 0 Å². The third kappa shape index (κ3) is 4.73. The molecule has 0 fully saturated rings. The van der Waals surface area contributed by atoms with Crippen LogP contribution in [-0.4, -0.2) is 19.1 Å². The van der Waals surface area contributed by atoms with Crippen LogP contribution in [0, 0.1) is 17.9 Å². The summed E-state index contributed by atoms with van der Waals surface area (Å²) in [5, 5.41) is 24.8. The molecule has 0 aliphatic carbocycles. The fourth-order valence-corrected chi connectivity index (χ4v) is 12.6. The summed E-state index contributed by atoms with van der Waals surface area (Å²) in [5.74, 6) is 0. The SMILES string of the molecule is [C-]#[N+]c1c(-c2ccccc2)c(C#N)c(-n2c3cc4oc5ccccc5c4cc3c3ccc4c5ccccc5sc4c32)c(-c2ccccc2)c1-n1c2cncc3c4ccccc4c4cncc1c4c32. The summed E-state index contributed by atoms with van der Waals surface area (Å²) in [7, 11) is 0. The van der Waals surface area contributed by atoms with E-state index in [4.69, 9.17) is 14.4 Å². The Morgan fingerprint density at radius 2 is 1.10 bits per heavy atom. The van der Waals surface area contributed by atoms with Crippen LogP contribution < -0.4 is 0 Å². The summed E-state index contributed by atoms with van der Waals surface area (Å²) in [6, 6.07) is 57.0. The molecule has 0 atom stereocenters. The number of nitriles is 1. The predicted molar refractivity (Wildman–Crippen MR) is 279 cm³/mol. The van der Waals surface area contributed by atoms with E-state index < -0.39 is 0 Å². The monoisotopic (exact) mass is 882 g/mol. The molecule has 9 aromatic carbocycles. The number of benzene rings is 9. The number of hydrogen-bond acceptors (Lipinski definition) is 5. The highest BCUT2D eigenvalue weighted by Gasteiger charge is 2.33. The zero-order valence-electron chi connectivity index (χ0n) is 35.8. The topological polar surface area (TPSA) is 76.9 Å². The fraction of sp³-hybridized carbons (Fsp3) is 0. The zero-order valence-corrected chi connectivity index (χ0v) is 36.6. The van der Waals surface area contributed by atoms with Crippen LogP contribution in [0.2, 0.25) is 0 Å². The van der Waals surface area contributed by atoms with Crippen LogP contribution in [0.5, 0.6) is 0 Å². The first kappa shape index (κ1) is 36.9. The molecule has 68 heavy (non-hydrogen) atoms. The van der Waals surface area contributed by atoms with Crippen LogP contribution in [0.3, 0.4) is 0 Å². The molecule has 312 valence electrons. The Morgan fingerprint density at radius 1 is 0.500 bits per heavy atom. The molecule has 15 rings (SSSR count). The van der Waals surface area contributed by atoms with Crippen LogP contribution in [0.25, 0.3) is 146 Å². The Labute approximate surface area is 390 Å². The minimum Gasteiger partial charge on any atom is -0.456 e. The van der Waals surface area contributed by atoms with E-state index >= 15 is 0 Å². The summed E-state index contributed by atoms with van der Waals surface area (Å²) in [6.45, 7) is 9.30. The van der Waals surface area contributed by atoms with Gasteiger partial charge in [0.15, 0.2) is 0 Å². The van der Waals surface area contributed by atoms with Gasteiger partial charge in [0.25, 0.3) is 0 Å². The number of thiophene rings is 1. The number of furan rings is 1. The van der Waals surface area contributed by atoms with Crippen molar-refractivity contribution in [3.63, 3.8) is 0 Å². The van der Waals surface area contributed by atoms with Gasteiger partial charge in [0.2, 0.25) is 5.69 Å². The maximum atomic E-state index is 12.0. The lowest BCUT2D eigenvalue weighted by Crippen LogP contribution is -2.09. The van der Waals surface area contributed by atoms with Crippen LogP contribution in [0.4, 0.5) is 5.69 Å². The molecular weight excluding hydrogens is 853 g/mol. The molecule has 8 heteroatoms. The predicted octanol–water partition coefficient (Wildman–Crippen LogP) is 16.4. The summed E-state index contributed by atoms with van der Waals surface area (Å²) in [6.07, 6.45) is 7.74. The third-order valence-corrected chi connectivity index (χ3v) is 15.3. The molecule has 15 aromatic rings. The molecule has 0 radical (unpaired) electrons. The molecule has 0 aliphatic rings. The first-order chi connectivity index (χ1) is 33.7. The zero-order chi connectivity index (χ0) is 44.8. The lowest BCUT2D eigenvalue weighted by molar-refractivity contribution is 0.669. The highest BCUT2D eigenvalue weighted by atomic mass is 32.1. The van der Waals surface area contributed by atoms with Crippen molar-refractivity contribution in [3.8, 4) is 39.7 Å². The first-order valence-corrected chi connectivity index (χ1v) is 23.2. The lowest BCUT2D eigenvalue weighted by atomic mass is 9.88. The number of fused-ring (bicyclic) bond motifs is 13. The molecule has 0 N–H and O–H groups in total. The van der Waals surface area contributed by atoms with Crippen molar-refractivity contribution in [2.75, 3.05) is 0 Å². The van der Waals surface area contributed by atoms with Crippen LogP contribution >= 0.6 is 11.3 Å². The molecule has 7 nitrogen and oxygen atoms in total. The van der Waals surface area contributed by atoms with E-state index in [0.29, 0.717) is 28.2 Å². The second-order valence-electron chi connectivity index (χ2n) is 17.4. The molecule has 0 bridgehead atoms. The molecule has 6 aromatic heterocycles. The second kappa shape index (κ2) is 13.6. The van der Waals surface area contributed by atoms with Crippen LogP contribution in [0.15, 0.2) is 187 Å². The van der Waals surface area contributed by atoms with E-state index in [1.165, 1.54) is 10.1 Å². The molecule has 0 unspecified atom stereocenters. The van der Waals surface area contributed by atoms with Crippen molar-refractivity contribution in [1.29, 1.82) is 5.26 Å². The minimum absolute atomic E-state index is 0.356. The summed E-state index contributed by atoms with van der Waals surface area (Å²) < 4.78 is 13.5. The van der Waals surface area contributed by atoms with E-state index in [-0.39, 0.29) is 0 Å². The number of hydrogen-bond donors (Lipinski definition) is 0. The Kier molecular flexibility index (Phi) is 7.39. The standard InChI is InChI=1S/C60H30N6OS/c1-62-56-52(33-14-4-2-5-15-33)43(28-61)57(53(34-16-6-3-7-17-34)59(56)65-47-31-63-29-44-35-18-8-9-19-36(35)45-30-64-32-48(65)55(45)54(44)47)66-46-27-50-42(37-20-10-12-22-49(37)67-50)26-41(46)39-24-25-40-38-21-11-13-23-51(38)68-60(40)58(39)66/h2-27,29-32H. The molecule has 0 spiro atoms. The third-order valence-electron chi connectivity index (χ3n) is 14.1. The fourth-order valence-electron chi connectivity index (χ4n) is 11.4. The van der Waals surface area contributed by atoms with E-state index in [1.54, 1.807) is 11.3 Å². The minimum atomic E-state index is 0.356. The van der Waals surface area contributed by atoms with Gasteiger partial charge in [0, 0.05) is 88.1 Å². The Balaban J connectivity index is 1.24. The quantitative estimate of drug-likeness (QED) is 0.130. The number of pyridine rings is 2. The van der Waals surface area contributed by atoms with Gasteiger partial charge in [0.05, 0.1) is 62.7 Å². The normalized spacial score (nSPS) is 12.1. The van der Waals surface area contributed by atoms with Gasteiger partial charge in [-0.1, -0.05) is 133 Å². The van der Waals surface area contributed by atoms with Crippen LogP contribution in [0.1, 0.15) is 5.56 Å². The molecule has 6 heterocycles. The summed E-state index contributed by atoms with van der Waals surface area (Å²) in [5.41, 5.74) is 10.1. The smallest absolute Gasteiger partial charge is 0.220 e. The van der Waals surface area contributed by atoms with Gasteiger partial charge in [-0.25, -0.2) is 4.85 Å². The molecule has 0 saturated heterocycles. The van der Waals surface area contributed by atoms with E-state index in [2.05, 4.69) is 111 Å². The van der Waals surface area contributed by atoms with E-state index in [9.17, 15) is 11.8 Å². The molecular formula is C60H30N6OS. The van der Waals surface area contributed by atoms with Gasteiger partial charge in [0.1, 0.15) is 17.2 Å². The molecule has 0 aliphatic heterocycles. The van der Waals surface area contributed by atoms with E-state index in [1.807, 2.05) is 91.5 Å².